The molecule has 4 N–H and O–H groups in total. The van der Waals surface area contributed by atoms with Crippen LogP contribution in [0.25, 0.3) is 0 Å². The van der Waals surface area contributed by atoms with E-state index >= 15 is 0 Å². The summed E-state index contributed by atoms with van der Waals surface area (Å²) >= 11 is 0. The lowest BCUT2D eigenvalue weighted by molar-refractivity contribution is -0.130. The first-order valence-corrected chi connectivity index (χ1v) is 9.69. The van der Waals surface area contributed by atoms with E-state index in [2.05, 4.69) is 10.6 Å². The SMILES string of the molecule is CC(C)CC(NC(=O)C(COCc1ccccc1)NC(=O)OC(C)(C)C)C(N)=O. The minimum Gasteiger partial charge on any atom is -0.444 e. The zero-order chi connectivity index (χ0) is 22.0. The van der Waals surface area contributed by atoms with Crippen LogP contribution in [0.3, 0.4) is 0 Å². The molecule has 0 fully saturated rings. The number of nitrogens with one attached hydrogen (secondary N) is 2. The Morgan fingerprint density at radius 3 is 2.17 bits per heavy atom. The monoisotopic (exact) mass is 407 g/mol. The molecular formula is C21H33N3O5. The molecule has 0 aliphatic carbocycles. The molecule has 0 saturated carbocycles. The highest BCUT2D eigenvalue weighted by Gasteiger charge is 2.28. The van der Waals surface area contributed by atoms with E-state index in [0.717, 1.165) is 5.56 Å². The van der Waals surface area contributed by atoms with Gasteiger partial charge in [0.25, 0.3) is 0 Å². The van der Waals surface area contributed by atoms with Crippen molar-refractivity contribution < 1.29 is 23.9 Å². The Morgan fingerprint density at radius 1 is 1.03 bits per heavy atom. The Labute approximate surface area is 172 Å². The summed E-state index contributed by atoms with van der Waals surface area (Å²) in [6.07, 6.45) is -0.356. The maximum absolute atomic E-state index is 12.7. The number of carbonyl (C=O) groups is 3. The summed E-state index contributed by atoms with van der Waals surface area (Å²) < 4.78 is 10.8. The third-order valence-electron chi connectivity index (χ3n) is 3.77. The first-order chi connectivity index (χ1) is 13.5. The van der Waals surface area contributed by atoms with Crippen molar-refractivity contribution in [3.05, 3.63) is 35.9 Å². The number of hydrogen-bond donors (Lipinski definition) is 3. The Hall–Kier alpha value is -2.61. The summed E-state index contributed by atoms with van der Waals surface area (Å²) in [5, 5.41) is 5.11. The minimum atomic E-state index is -1.04. The van der Waals surface area contributed by atoms with Gasteiger partial charge in [0.1, 0.15) is 17.7 Å². The van der Waals surface area contributed by atoms with Crippen LogP contribution in [0.5, 0.6) is 0 Å². The molecule has 1 rings (SSSR count). The highest BCUT2D eigenvalue weighted by molar-refractivity contribution is 5.90. The van der Waals surface area contributed by atoms with Gasteiger partial charge in [-0.25, -0.2) is 4.79 Å². The van der Waals surface area contributed by atoms with Gasteiger partial charge < -0.3 is 25.8 Å². The van der Waals surface area contributed by atoms with Gasteiger partial charge in [0.15, 0.2) is 0 Å². The molecule has 1 aromatic rings. The van der Waals surface area contributed by atoms with Crippen molar-refractivity contribution in [3.8, 4) is 0 Å². The first kappa shape index (κ1) is 24.4. The number of rotatable bonds is 10. The molecule has 0 aromatic heterocycles. The van der Waals surface area contributed by atoms with Crippen LogP contribution >= 0.6 is 0 Å². The Morgan fingerprint density at radius 2 is 1.66 bits per heavy atom. The zero-order valence-corrected chi connectivity index (χ0v) is 17.9. The molecule has 1 aromatic carbocycles. The second kappa shape index (κ2) is 11.4. The lowest BCUT2D eigenvalue weighted by Gasteiger charge is -2.25. The molecule has 0 saturated heterocycles. The average molecular weight is 408 g/mol. The number of primary amides is 1. The van der Waals surface area contributed by atoms with Crippen molar-refractivity contribution in [1.82, 2.24) is 10.6 Å². The molecule has 0 radical (unpaired) electrons. The Balaban J connectivity index is 2.79. The number of amides is 3. The Kier molecular flexibility index (Phi) is 9.61. The third kappa shape index (κ3) is 10.5. The molecule has 8 nitrogen and oxygen atoms in total. The maximum atomic E-state index is 12.7. The van der Waals surface area contributed by atoms with Gasteiger partial charge >= 0.3 is 6.09 Å². The summed E-state index contributed by atoms with van der Waals surface area (Å²) in [5.74, 6) is -1.04. The molecular weight excluding hydrogens is 374 g/mol. The quantitative estimate of drug-likeness (QED) is 0.549. The van der Waals surface area contributed by atoms with Gasteiger partial charge in [-0.3, -0.25) is 9.59 Å². The third-order valence-corrected chi connectivity index (χ3v) is 3.77. The van der Waals surface area contributed by atoms with Crippen LogP contribution in [0.4, 0.5) is 4.79 Å². The lowest BCUT2D eigenvalue weighted by atomic mass is 10.0. The van der Waals surface area contributed by atoms with Crippen LogP contribution in [0, 0.1) is 5.92 Å². The highest BCUT2D eigenvalue weighted by Crippen LogP contribution is 2.08. The summed E-state index contributed by atoms with van der Waals surface area (Å²) in [5.41, 5.74) is 5.61. The van der Waals surface area contributed by atoms with Crippen molar-refractivity contribution in [2.75, 3.05) is 6.61 Å². The fourth-order valence-corrected chi connectivity index (χ4v) is 2.49. The molecule has 0 aliphatic rings. The highest BCUT2D eigenvalue weighted by atomic mass is 16.6. The molecule has 0 heterocycles. The standard InChI is InChI=1S/C21H33N3O5/c1-14(2)11-16(18(22)25)23-19(26)17(24-20(27)29-21(3,4)5)13-28-12-15-9-7-6-8-10-15/h6-10,14,16-17H,11-13H2,1-5H3,(H2,22,25)(H,23,26)(H,24,27). The van der Waals surface area contributed by atoms with Crippen LogP contribution in [-0.2, 0) is 25.7 Å². The topological polar surface area (TPSA) is 120 Å². The van der Waals surface area contributed by atoms with Crippen molar-refractivity contribution >= 4 is 17.9 Å². The number of hydrogen-bond acceptors (Lipinski definition) is 5. The first-order valence-electron chi connectivity index (χ1n) is 9.69. The number of carbonyl (C=O) groups excluding carboxylic acids is 3. The fraction of sp³-hybridized carbons (Fsp3) is 0.571. The second-order valence-corrected chi connectivity index (χ2v) is 8.29. The summed E-state index contributed by atoms with van der Waals surface area (Å²) in [6, 6.07) is 7.56. The number of benzene rings is 1. The predicted octanol–water partition coefficient (Wildman–Crippen LogP) is 2.11. The van der Waals surface area contributed by atoms with E-state index < -0.39 is 35.6 Å². The molecule has 0 aliphatic heterocycles. The van der Waals surface area contributed by atoms with Crippen molar-refractivity contribution in [1.29, 1.82) is 0 Å². The van der Waals surface area contributed by atoms with E-state index in [1.807, 2.05) is 44.2 Å². The summed E-state index contributed by atoms with van der Waals surface area (Å²) in [7, 11) is 0. The van der Waals surface area contributed by atoms with Gasteiger partial charge in [-0.2, -0.15) is 0 Å². The summed E-state index contributed by atoms with van der Waals surface area (Å²) in [4.78, 5) is 36.5. The average Bonchev–Trinajstić information content (AvgIpc) is 2.59. The van der Waals surface area contributed by atoms with Gasteiger partial charge in [-0.1, -0.05) is 44.2 Å². The molecule has 0 bridgehead atoms. The van der Waals surface area contributed by atoms with E-state index in [1.165, 1.54) is 0 Å². The van der Waals surface area contributed by atoms with Gasteiger partial charge in [-0.05, 0) is 38.7 Å². The van der Waals surface area contributed by atoms with E-state index in [-0.39, 0.29) is 19.1 Å². The van der Waals surface area contributed by atoms with Crippen LogP contribution in [0.15, 0.2) is 30.3 Å². The number of ether oxygens (including phenoxy) is 2. The predicted molar refractivity (Wildman–Crippen MR) is 110 cm³/mol. The smallest absolute Gasteiger partial charge is 0.408 e. The van der Waals surface area contributed by atoms with E-state index in [4.69, 9.17) is 15.2 Å². The molecule has 29 heavy (non-hydrogen) atoms. The van der Waals surface area contributed by atoms with Crippen molar-refractivity contribution in [3.63, 3.8) is 0 Å². The van der Waals surface area contributed by atoms with E-state index in [0.29, 0.717) is 6.42 Å². The molecule has 8 heteroatoms. The Bertz CT molecular complexity index is 671. The summed E-state index contributed by atoms with van der Waals surface area (Å²) in [6.45, 7) is 9.18. The maximum Gasteiger partial charge on any atom is 0.408 e. The largest absolute Gasteiger partial charge is 0.444 e. The normalized spacial score (nSPS) is 13.4. The molecule has 3 amide bonds. The van der Waals surface area contributed by atoms with Crippen molar-refractivity contribution in [2.45, 2.75) is 65.3 Å². The zero-order valence-electron chi connectivity index (χ0n) is 17.9. The second-order valence-electron chi connectivity index (χ2n) is 8.29. The van der Waals surface area contributed by atoms with Gasteiger partial charge in [-0.15, -0.1) is 0 Å². The molecule has 2 atom stereocenters. The fourth-order valence-electron chi connectivity index (χ4n) is 2.49. The molecule has 2 unspecified atom stereocenters. The van der Waals surface area contributed by atoms with Crippen molar-refractivity contribution in [2.24, 2.45) is 11.7 Å². The molecule has 162 valence electrons. The van der Waals surface area contributed by atoms with Crippen LogP contribution in [0.2, 0.25) is 0 Å². The van der Waals surface area contributed by atoms with Crippen LogP contribution in [0.1, 0.15) is 46.6 Å². The number of alkyl carbamates (subject to hydrolysis) is 1. The lowest BCUT2D eigenvalue weighted by Crippen LogP contribution is -2.55. The molecule has 0 spiro atoms. The van der Waals surface area contributed by atoms with Gasteiger partial charge in [0.05, 0.1) is 13.2 Å². The van der Waals surface area contributed by atoms with Gasteiger partial charge in [0, 0.05) is 0 Å². The minimum absolute atomic E-state index is 0.0901. The van der Waals surface area contributed by atoms with Crippen LogP contribution in [-0.4, -0.2) is 42.2 Å². The van der Waals surface area contributed by atoms with E-state index in [1.54, 1.807) is 20.8 Å². The van der Waals surface area contributed by atoms with E-state index in [9.17, 15) is 14.4 Å². The van der Waals surface area contributed by atoms with Gasteiger partial charge in [0.2, 0.25) is 11.8 Å². The van der Waals surface area contributed by atoms with Crippen LogP contribution < -0.4 is 16.4 Å². The number of nitrogens with two attached hydrogens (primary N) is 1.